The molecule has 2 N–H and O–H groups in total. The number of likely N-dealkylation sites (tertiary alicyclic amines) is 1. The second kappa shape index (κ2) is 9.80. The fourth-order valence-corrected chi connectivity index (χ4v) is 3.34. The second-order valence-corrected chi connectivity index (χ2v) is 6.85. The third-order valence-corrected chi connectivity index (χ3v) is 4.83. The molecule has 2 heterocycles. The minimum atomic E-state index is 0.249. The molecule has 0 radical (unpaired) electrons. The van der Waals surface area contributed by atoms with Crippen molar-refractivity contribution in [2.24, 2.45) is 10.9 Å². The van der Waals surface area contributed by atoms with E-state index in [0.29, 0.717) is 12.3 Å². The van der Waals surface area contributed by atoms with Crippen LogP contribution in [0.3, 0.4) is 0 Å². The molecule has 2 aromatic rings. The average Bonchev–Trinajstić information content (AvgIpc) is 3.33. The summed E-state index contributed by atoms with van der Waals surface area (Å²) >= 11 is 0. The summed E-state index contributed by atoms with van der Waals surface area (Å²) in [5.74, 6) is 2.28. The molecule has 3 rings (SSSR count). The predicted molar refractivity (Wildman–Crippen MR) is 107 cm³/mol. The molecule has 1 aliphatic heterocycles. The van der Waals surface area contributed by atoms with Crippen molar-refractivity contribution in [1.82, 2.24) is 15.5 Å². The minimum Gasteiger partial charge on any atom is -0.469 e. The lowest BCUT2D eigenvalue weighted by molar-refractivity contribution is -0.127. The molecule has 1 aromatic heterocycles. The maximum Gasteiger partial charge on any atom is 0.223 e. The lowest BCUT2D eigenvalue weighted by Gasteiger charge is -2.18. The van der Waals surface area contributed by atoms with Gasteiger partial charge >= 0.3 is 0 Å². The Morgan fingerprint density at radius 2 is 2.04 bits per heavy atom. The molecule has 0 aliphatic carbocycles. The van der Waals surface area contributed by atoms with Crippen LogP contribution in [0.1, 0.15) is 17.7 Å². The fourth-order valence-electron chi connectivity index (χ4n) is 3.34. The Labute approximate surface area is 160 Å². The van der Waals surface area contributed by atoms with Crippen LogP contribution in [0.25, 0.3) is 0 Å². The van der Waals surface area contributed by atoms with Gasteiger partial charge < -0.3 is 20.0 Å². The number of benzene rings is 1. The SMILES string of the molecule is CN=C(NCCc1ccco1)NCC1CC(=O)N(CCc2ccccc2)C1. The molecule has 0 bridgehead atoms. The van der Waals surface area contributed by atoms with E-state index in [-0.39, 0.29) is 5.91 Å². The highest BCUT2D eigenvalue weighted by Gasteiger charge is 2.29. The summed E-state index contributed by atoms with van der Waals surface area (Å²) in [7, 11) is 1.76. The van der Waals surface area contributed by atoms with Crippen LogP contribution in [0.4, 0.5) is 0 Å². The first-order chi connectivity index (χ1) is 13.2. The van der Waals surface area contributed by atoms with Crippen LogP contribution in [0, 0.1) is 5.92 Å². The third kappa shape index (κ3) is 5.88. The number of carbonyl (C=O) groups is 1. The Morgan fingerprint density at radius 1 is 1.19 bits per heavy atom. The highest BCUT2D eigenvalue weighted by Crippen LogP contribution is 2.17. The molecular weight excluding hydrogens is 340 g/mol. The molecule has 144 valence electrons. The van der Waals surface area contributed by atoms with E-state index in [1.807, 2.05) is 35.2 Å². The zero-order chi connectivity index (χ0) is 18.9. The summed E-state index contributed by atoms with van der Waals surface area (Å²) in [4.78, 5) is 18.5. The quantitative estimate of drug-likeness (QED) is 0.553. The number of nitrogens with one attached hydrogen (secondary N) is 2. The molecule has 6 heteroatoms. The smallest absolute Gasteiger partial charge is 0.223 e. The van der Waals surface area contributed by atoms with Gasteiger partial charge in [0.1, 0.15) is 5.76 Å². The summed E-state index contributed by atoms with van der Waals surface area (Å²) in [6.45, 7) is 3.09. The van der Waals surface area contributed by atoms with Gasteiger partial charge in [0, 0.05) is 52.0 Å². The van der Waals surface area contributed by atoms with Crippen LogP contribution in [0.5, 0.6) is 0 Å². The maximum absolute atomic E-state index is 12.3. The van der Waals surface area contributed by atoms with E-state index in [1.165, 1.54) is 5.56 Å². The van der Waals surface area contributed by atoms with Gasteiger partial charge in [0.05, 0.1) is 6.26 Å². The lowest BCUT2D eigenvalue weighted by atomic mass is 10.1. The highest BCUT2D eigenvalue weighted by atomic mass is 16.3. The summed E-state index contributed by atoms with van der Waals surface area (Å²) in [6.07, 6.45) is 4.00. The van der Waals surface area contributed by atoms with Crippen LogP contribution >= 0.6 is 0 Å². The van der Waals surface area contributed by atoms with E-state index in [9.17, 15) is 4.79 Å². The van der Waals surface area contributed by atoms with E-state index < -0.39 is 0 Å². The van der Waals surface area contributed by atoms with E-state index in [4.69, 9.17) is 4.42 Å². The fraction of sp³-hybridized carbons (Fsp3) is 0.429. The molecule has 1 amide bonds. The number of guanidine groups is 1. The largest absolute Gasteiger partial charge is 0.469 e. The Kier molecular flexibility index (Phi) is 6.90. The molecule has 1 fully saturated rings. The van der Waals surface area contributed by atoms with Crippen LogP contribution < -0.4 is 10.6 Å². The average molecular weight is 368 g/mol. The van der Waals surface area contributed by atoms with E-state index in [2.05, 4.69) is 27.8 Å². The van der Waals surface area contributed by atoms with Crippen LogP contribution in [0.15, 0.2) is 58.1 Å². The molecule has 1 aliphatic rings. The highest BCUT2D eigenvalue weighted by molar-refractivity contribution is 5.80. The summed E-state index contributed by atoms with van der Waals surface area (Å²) in [6, 6.07) is 14.2. The maximum atomic E-state index is 12.3. The molecule has 0 saturated carbocycles. The normalized spacial score (nSPS) is 17.4. The lowest BCUT2D eigenvalue weighted by Crippen LogP contribution is -2.41. The summed E-state index contributed by atoms with van der Waals surface area (Å²) in [5.41, 5.74) is 1.27. The van der Waals surface area contributed by atoms with Gasteiger partial charge in [-0.3, -0.25) is 9.79 Å². The molecule has 1 aromatic carbocycles. The van der Waals surface area contributed by atoms with Crippen molar-refractivity contribution in [2.75, 3.05) is 33.2 Å². The van der Waals surface area contributed by atoms with Crippen LogP contribution in [0.2, 0.25) is 0 Å². The molecule has 1 atom stereocenters. The molecule has 0 spiro atoms. The van der Waals surface area contributed by atoms with Crippen molar-refractivity contribution in [1.29, 1.82) is 0 Å². The molecular formula is C21H28N4O2. The minimum absolute atomic E-state index is 0.249. The summed E-state index contributed by atoms with van der Waals surface area (Å²) in [5, 5.41) is 6.62. The zero-order valence-corrected chi connectivity index (χ0v) is 15.9. The van der Waals surface area contributed by atoms with Gasteiger partial charge in [0.25, 0.3) is 0 Å². The van der Waals surface area contributed by atoms with Gasteiger partial charge in [-0.1, -0.05) is 30.3 Å². The van der Waals surface area contributed by atoms with E-state index in [1.54, 1.807) is 13.3 Å². The van der Waals surface area contributed by atoms with E-state index in [0.717, 1.165) is 50.7 Å². The van der Waals surface area contributed by atoms with Gasteiger partial charge in [0.15, 0.2) is 5.96 Å². The van der Waals surface area contributed by atoms with Gasteiger partial charge in [-0.25, -0.2) is 0 Å². The monoisotopic (exact) mass is 368 g/mol. The van der Waals surface area contributed by atoms with Crippen molar-refractivity contribution < 1.29 is 9.21 Å². The third-order valence-electron chi connectivity index (χ3n) is 4.83. The Morgan fingerprint density at radius 3 is 2.78 bits per heavy atom. The van der Waals surface area contributed by atoms with Crippen molar-refractivity contribution in [3.05, 3.63) is 60.1 Å². The summed E-state index contributed by atoms with van der Waals surface area (Å²) < 4.78 is 5.33. The number of aliphatic imine (C=N–C) groups is 1. The Bertz CT molecular complexity index is 728. The number of nitrogens with zero attached hydrogens (tertiary/aromatic N) is 2. The van der Waals surface area contributed by atoms with Gasteiger partial charge in [0.2, 0.25) is 5.91 Å². The topological polar surface area (TPSA) is 69.9 Å². The number of carbonyl (C=O) groups excluding carboxylic acids is 1. The second-order valence-electron chi connectivity index (χ2n) is 6.85. The molecule has 6 nitrogen and oxygen atoms in total. The van der Waals surface area contributed by atoms with Crippen LogP contribution in [-0.2, 0) is 17.6 Å². The van der Waals surface area contributed by atoms with Crippen molar-refractivity contribution >= 4 is 11.9 Å². The Balaban J connectivity index is 1.37. The van der Waals surface area contributed by atoms with Crippen molar-refractivity contribution in [3.63, 3.8) is 0 Å². The zero-order valence-electron chi connectivity index (χ0n) is 15.9. The first-order valence-electron chi connectivity index (χ1n) is 9.53. The number of amides is 1. The number of furan rings is 1. The predicted octanol–water partition coefficient (Wildman–Crippen LogP) is 2.08. The standard InChI is InChI=1S/C21H28N4O2/c1-22-21(23-11-9-19-8-5-13-27-19)24-15-18-14-20(26)25(16-18)12-10-17-6-3-2-4-7-17/h2-8,13,18H,9-12,14-16H2,1H3,(H2,22,23,24). The Hall–Kier alpha value is -2.76. The number of rotatable bonds is 8. The van der Waals surface area contributed by atoms with Gasteiger partial charge in [-0.15, -0.1) is 0 Å². The molecule has 1 saturated heterocycles. The molecule has 1 unspecified atom stereocenters. The van der Waals surface area contributed by atoms with Gasteiger partial charge in [-0.2, -0.15) is 0 Å². The van der Waals surface area contributed by atoms with E-state index >= 15 is 0 Å². The first kappa shape index (κ1) is 19.0. The number of hydrogen-bond donors (Lipinski definition) is 2. The number of hydrogen-bond acceptors (Lipinski definition) is 3. The first-order valence-corrected chi connectivity index (χ1v) is 9.53. The molecule has 27 heavy (non-hydrogen) atoms. The van der Waals surface area contributed by atoms with Crippen molar-refractivity contribution in [3.8, 4) is 0 Å². The van der Waals surface area contributed by atoms with Crippen molar-refractivity contribution in [2.45, 2.75) is 19.3 Å². The van der Waals surface area contributed by atoms with Gasteiger partial charge in [-0.05, 0) is 24.1 Å². The van der Waals surface area contributed by atoms with Crippen LogP contribution in [-0.4, -0.2) is 50.0 Å².